The van der Waals surface area contributed by atoms with Crippen LogP contribution < -0.4 is 26.0 Å². The van der Waals surface area contributed by atoms with Crippen LogP contribution in [0.3, 0.4) is 0 Å². The first kappa shape index (κ1) is 37.7. The topological polar surface area (TPSA) is 159 Å². The Balaban J connectivity index is 1.41. The highest BCUT2D eigenvalue weighted by atomic mass is 32.1. The number of hydrogen-bond acceptors (Lipinski definition) is 8. The third kappa shape index (κ3) is 11.2. The number of nitrogens with one attached hydrogen (secondary N) is 4. The van der Waals surface area contributed by atoms with Gasteiger partial charge in [0.2, 0.25) is 23.6 Å². The monoisotopic (exact) mass is 724 g/mol. The van der Waals surface area contributed by atoms with Gasteiger partial charge in [0, 0.05) is 37.5 Å². The molecular weight excluding hydrogens is 681 g/mol. The van der Waals surface area contributed by atoms with E-state index in [1.54, 1.807) is 35.6 Å². The lowest BCUT2D eigenvalue weighted by molar-refractivity contribution is -0.138. The Kier molecular flexibility index (Phi) is 13.5. The molecule has 3 aromatic carbocycles. The van der Waals surface area contributed by atoms with Crippen LogP contribution in [-0.2, 0) is 38.4 Å². The summed E-state index contributed by atoms with van der Waals surface area (Å²) >= 11 is 1.55. The van der Waals surface area contributed by atoms with E-state index in [0.29, 0.717) is 25.8 Å². The second-order valence-electron chi connectivity index (χ2n) is 12.8. The average molecular weight is 725 g/mol. The zero-order chi connectivity index (χ0) is 36.9. The van der Waals surface area contributed by atoms with Gasteiger partial charge in [-0.05, 0) is 43.0 Å². The highest BCUT2D eigenvalue weighted by Crippen LogP contribution is 2.20. The van der Waals surface area contributed by atoms with Gasteiger partial charge in [0.25, 0.3) is 5.91 Å². The molecule has 272 valence electrons. The maximum Gasteiger partial charge on any atom is 0.255 e. The van der Waals surface area contributed by atoms with Crippen LogP contribution in [0.1, 0.15) is 45.0 Å². The van der Waals surface area contributed by atoms with Gasteiger partial charge in [0.05, 0.1) is 29.6 Å². The van der Waals surface area contributed by atoms with Crippen molar-refractivity contribution in [3.05, 3.63) is 118 Å². The number of carbonyl (C=O) groups excluding carboxylic acids is 5. The highest BCUT2D eigenvalue weighted by Gasteiger charge is 2.30. The van der Waals surface area contributed by atoms with E-state index in [4.69, 9.17) is 4.74 Å². The molecule has 1 aliphatic rings. The summed E-state index contributed by atoms with van der Waals surface area (Å²) in [4.78, 5) is 73.9. The predicted molar refractivity (Wildman–Crippen MR) is 198 cm³/mol. The molecule has 0 fully saturated rings. The number of likely N-dealkylation sites (N-methyl/N-ethyl adjacent to an activating group) is 1. The zero-order valence-corrected chi connectivity index (χ0v) is 30.1. The lowest BCUT2D eigenvalue weighted by atomic mass is 10.0. The molecule has 5 amide bonds. The summed E-state index contributed by atoms with van der Waals surface area (Å²) in [7, 11) is 1.50. The van der Waals surface area contributed by atoms with E-state index in [1.807, 2.05) is 73.0 Å². The quantitative estimate of drug-likeness (QED) is 0.193. The Hall–Kier alpha value is -5.56. The van der Waals surface area contributed by atoms with Gasteiger partial charge in [-0.3, -0.25) is 24.0 Å². The summed E-state index contributed by atoms with van der Waals surface area (Å²) in [6.45, 7) is 1.97. The third-order valence-electron chi connectivity index (χ3n) is 8.48. The lowest BCUT2D eigenvalue weighted by Gasteiger charge is -2.26. The molecule has 0 saturated carbocycles. The molecule has 4 N–H and O–H groups in total. The van der Waals surface area contributed by atoms with Crippen molar-refractivity contribution in [2.24, 2.45) is 0 Å². The minimum absolute atomic E-state index is 0.0157. The first-order valence-electron chi connectivity index (χ1n) is 17.3. The van der Waals surface area contributed by atoms with Crippen molar-refractivity contribution in [3.8, 4) is 5.75 Å². The Morgan fingerprint density at radius 3 is 2.25 bits per heavy atom. The van der Waals surface area contributed by atoms with E-state index >= 15 is 0 Å². The van der Waals surface area contributed by atoms with E-state index in [0.717, 1.165) is 21.8 Å². The minimum atomic E-state index is -1.27. The molecule has 1 aromatic heterocycles. The number of aryl methyl sites for hydroxylation is 2. The predicted octanol–water partition coefficient (Wildman–Crippen LogP) is 2.99. The molecule has 52 heavy (non-hydrogen) atoms. The number of nitrogens with zero attached hydrogens (tertiary/aromatic N) is 2. The van der Waals surface area contributed by atoms with Gasteiger partial charge in [-0.2, -0.15) is 0 Å². The van der Waals surface area contributed by atoms with Crippen LogP contribution in [0.15, 0.2) is 90.3 Å². The van der Waals surface area contributed by atoms with Crippen molar-refractivity contribution in [1.82, 2.24) is 31.2 Å². The fourth-order valence-electron chi connectivity index (χ4n) is 5.88. The van der Waals surface area contributed by atoms with E-state index < -0.39 is 54.1 Å². The Morgan fingerprint density at radius 1 is 0.885 bits per heavy atom. The van der Waals surface area contributed by atoms with Crippen molar-refractivity contribution in [3.63, 3.8) is 0 Å². The largest absolute Gasteiger partial charge is 0.491 e. The van der Waals surface area contributed by atoms with Crippen molar-refractivity contribution in [2.45, 2.75) is 57.2 Å². The van der Waals surface area contributed by atoms with Crippen LogP contribution in [-0.4, -0.2) is 84.3 Å². The Morgan fingerprint density at radius 2 is 1.56 bits per heavy atom. The molecule has 0 spiro atoms. The van der Waals surface area contributed by atoms with Gasteiger partial charge in [-0.1, -0.05) is 72.8 Å². The number of hydrogen-bond donors (Lipinski definition) is 4. The van der Waals surface area contributed by atoms with E-state index in [9.17, 15) is 24.0 Å². The zero-order valence-electron chi connectivity index (χ0n) is 29.3. The van der Waals surface area contributed by atoms with E-state index in [-0.39, 0.29) is 30.9 Å². The maximum atomic E-state index is 13.8. The molecule has 0 unspecified atom stereocenters. The molecule has 13 heteroatoms. The van der Waals surface area contributed by atoms with Crippen LogP contribution in [0.2, 0.25) is 0 Å². The van der Waals surface area contributed by atoms with Crippen LogP contribution >= 0.6 is 11.3 Å². The average Bonchev–Trinajstić information content (AvgIpc) is 3.56. The van der Waals surface area contributed by atoms with E-state index in [1.165, 1.54) is 11.9 Å². The van der Waals surface area contributed by atoms with Gasteiger partial charge in [0.15, 0.2) is 0 Å². The number of amides is 5. The molecule has 0 aliphatic carbocycles. The summed E-state index contributed by atoms with van der Waals surface area (Å²) < 4.78 is 6.15. The number of carbonyl (C=O) groups is 5. The SMILES string of the molecule is Cc1csc(CCCNC(=O)[C@@H]2CC(=O)N[C@@H](Cc3ccccc3)C(=O)N(C)CC(=O)N[C@H](Cc3ccccc3)COc3ccccc3C(=O)N2)n1. The number of aromatic nitrogens is 1. The summed E-state index contributed by atoms with van der Waals surface area (Å²) in [6, 6.07) is 22.5. The van der Waals surface area contributed by atoms with Crippen molar-refractivity contribution in [1.29, 1.82) is 0 Å². The molecule has 4 aromatic rings. The van der Waals surface area contributed by atoms with Crippen molar-refractivity contribution < 1.29 is 28.7 Å². The summed E-state index contributed by atoms with van der Waals surface area (Å²) in [5.74, 6) is -2.44. The second kappa shape index (κ2) is 18.6. The Labute approximate surface area is 307 Å². The van der Waals surface area contributed by atoms with Crippen LogP contribution in [0.5, 0.6) is 5.75 Å². The van der Waals surface area contributed by atoms with Gasteiger partial charge < -0.3 is 30.9 Å². The standard InChI is InChI=1S/C39H44N6O6S/c1-26-25-52-36(41-26)18-11-19-40-38(49)31-22-34(46)43-32(21-28-14-7-4-8-15-28)39(50)45(2)23-35(47)42-29(20-27-12-5-3-6-13-27)24-51-33-17-10-9-16-30(33)37(48)44-31/h3-10,12-17,25,29,31-32H,11,18-24H2,1-2H3,(H,40,49)(H,42,47)(H,43,46)(H,44,48)/t29-,31+,32+/m1/s1. The summed E-state index contributed by atoms with van der Waals surface area (Å²) in [5.41, 5.74) is 2.85. The van der Waals surface area contributed by atoms with Crippen molar-refractivity contribution >= 4 is 40.9 Å². The molecule has 12 nitrogen and oxygen atoms in total. The van der Waals surface area contributed by atoms with Crippen LogP contribution in [0.4, 0.5) is 0 Å². The summed E-state index contributed by atoms with van der Waals surface area (Å²) in [5, 5.41) is 14.3. The number of thiazole rings is 1. The van der Waals surface area contributed by atoms with Gasteiger partial charge in [0.1, 0.15) is 24.4 Å². The molecule has 2 heterocycles. The van der Waals surface area contributed by atoms with Crippen molar-refractivity contribution in [2.75, 3.05) is 26.7 Å². The number of ether oxygens (including phenoxy) is 1. The van der Waals surface area contributed by atoms with Gasteiger partial charge in [-0.15, -0.1) is 11.3 Å². The normalized spacial score (nSPS) is 19.0. The van der Waals surface area contributed by atoms with E-state index in [2.05, 4.69) is 26.3 Å². The first-order valence-corrected chi connectivity index (χ1v) is 18.2. The molecular formula is C39H44N6O6S. The molecule has 1 aliphatic heterocycles. The molecule has 3 atom stereocenters. The fraction of sp³-hybridized carbons (Fsp3) is 0.333. The number of para-hydroxylation sites is 1. The van der Waals surface area contributed by atoms with Crippen LogP contribution in [0.25, 0.3) is 0 Å². The van der Waals surface area contributed by atoms with Crippen LogP contribution in [0, 0.1) is 6.92 Å². The minimum Gasteiger partial charge on any atom is -0.491 e. The fourth-order valence-corrected chi connectivity index (χ4v) is 6.70. The first-order chi connectivity index (χ1) is 25.1. The number of fused-ring (bicyclic) bond motifs is 1. The highest BCUT2D eigenvalue weighted by molar-refractivity contribution is 7.09. The second-order valence-corrected chi connectivity index (χ2v) is 13.7. The molecule has 0 saturated heterocycles. The lowest BCUT2D eigenvalue weighted by Crippen LogP contribution is -2.54. The van der Waals surface area contributed by atoms with Gasteiger partial charge >= 0.3 is 0 Å². The molecule has 0 radical (unpaired) electrons. The molecule has 0 bridgehead atoms. The summed E-state index contributed by atoms with van der Waals surface area (Å²) in [6.07, 6.45) is 1.41. The van der Waals surface area contributed by atoms with Gasteiger partial charge in [-0.25, -0.2) is 4.98 Å². The molecule has 5 rings (SSSR count). The third-order valence-corrected chi connectivity index (χ3v) is 9.51. The maximum absolute atomic E-state index is 13.8. The smallest absolute Gasteiger partial charge is 0.255 e. The Bertz CT molecular complexity index is 1830. The number of rotatable bonds is 9. The number of benzene rings is 3.